The quantitative estimate of drug-likeness (QED) is 0.857. The van der Waals surface area contributed by atoms with Gasteiger partial charge in [0.15, 0.2) is 0 Å². The van der Waals surface area contributed by atoms with Gasteiger partial charge in [-0.3, -0.25) is 4.79 Å². The molecule has 0 aromatic heterocycles. The van der Waals surface area contributed by atoms with Crippen molar-refractivity contribution in [2.24, 2.45) is 0 Å². The molecule has 0 radical (unpaired) electrons. The minimum atomic E-state index is -0.435. The number of methoxy groups -OCH3 is 2. The van der Waals surface area contributed by atoms with Gasteiger partial charge in [-0.1, -0.05) is 18.2 Å². The molecule has 0 saturated carbocycles. The molecule has 5 nitrogen and oxygen atoms in total. The van der Waals surface area contributed by atoms with Gasteiger partial charge in [0.25, 0.3) is 0 Å². The topological polar surface area (TPSA) is 59.6 Å². The lowest BCUT2D eigenvalue weighted by molar-refractivity contribution is -0.116. The highest BCUT2D eigenvalue weighted by Gasteiger charge is 2.16. The maximum Gasteiger partial charge on any atom is 0.246 e. The highest BCUT2D eigenvalue weighted by molar-refractivity contribution is 5.97. The lowest BCUT2D eigenvalue weighted by Crippen LogP contribution is -2.32. The van der Waals surface area contributed by atoms with Crippen molar-refractivity contribution in [1.29, 1.82) is 0 Å². The predicted molar refractivity (Wildman–Crippen MR) is 92.4 cm³/mol. The fraction of sp³-hybridized carbons (Fsp3) is 0.278. The molecule has 2 N–H and O–H groups in total. The zero-order valence-electron chi connectivity index (χ0n) is 13.8. The summed E-state index contributed by atoms with van der Waals surface area (Å²) in [6.45, 7) is 3.79. The van der Waals surface area contributed by atoms with Crippen molar-refractivity contribution < 1.29 is 14.3 Å². The first-order chi connectivity index (χ1) is 11.0. The molecule has 1 atom stereocenters. The Kier molecular flexibility index (Phi) is 5.46. The first-order valence-corrected chi connectivity index (χ1v) is 7.40. The van der Waals surface area contributed by atoms with E-state index in [1.807, 2.05) is 37.3 Å². The fourth-order valence-corrected chi connectivity index (χ4v) is 2.22. The van der Waals surface area contributed by atoms with Crippen molar-refractivity contribution in [3.63, 3.8) is 0 Å². The Morgan fingerprint density at radius 3 is 2.35 bits per heavy atom. The molecule has 0 aliphatic heterocycles. The van der Waals surface area contributed by atoms with Gasteiger partial charge in [-0.05, 0) is 43.7 Å². The average Bonchev–Trinajstić information content (AvgIpc) is 2.55. The molecule has 0 saturated heterocycles. The molecule has 0 bridgehead atoms. The molecule has 122 valence electrons. The Hall–Kier alpha value is -2.69. The molecule has 0 fully saturated rings. The first-order valence-electron chi connectivity index (χ1n) is 7.40. The zero-order valence-corrected chi connectivity index (χ0v) is 13.8. The zero-order chi connectivity index (χ0) is 16.8. The van der Waals surface area contributed by atoms with E-state index in [0.29, 0.717) is 17.2 Å². The number of amides is 1. The monoisotopic (exact) mass is 314 g/mol. The molecule has 1 unspecified atom stereocenters. The Bertz CT molecular complexity index is 686. The summed E-state index contributed by atoms with van der Waals surface area (Å²) in [4.78, 5) is 12.4. The highest BCUT2D eigenvalue weighted by atomic mass is 16.5. The van der Waals surface area contributed by atoms with Crippen molar-refractivity contribution in [2.45, 2.75) is 19.9 Å². The van der Waals surface area contributed by atoms with Gasteiger partial charge in [0.1, 0.15) is 17.5 Å². The van der Waals surface area contributed by atoms with E-state index in [2.05, 4.69) is 10.6 Å². The molecule has 1 amide bonds. The number of carbonyl (C=O) groups is 1. The van der Waals surface area contributed by atoms with Crippen LogP contribution in [0.3, 0.4) is 0 Å². The van der Waals surface area contributed by atoms with E-state index in [1.54, 1.807) is 33.3 Å². The molecule has 2 rings (SSSR count). The number of nitrogens with one attached hydrogen (secondary N) is 2. The van der Waals surface area contributed by atoms with Gasteiger partial charge in [-0.25, -0.2) is 0 Å². The van der Waals surface area contributed by atoms with Crippen LogP contribution in [0.15, 0.2) is 42.5 Å². The van der Waals surface area contributed by atoms with Gasteiger partial charge >= 0.3 is 0 Å². The third kappa shape index (κ3) is 4.16. The highest BCUT2D eigenvalue weighted by Crippen LogP contribution is 2.27. The number of hydrogen-bond acceptors (Lipinski definition) is 4. The van der Waals surface area contributed by atoms with Gasteiger partial charge in [0.05, 0.1) is 25.6 Å². The third-order valence-electron chi connectivity index (χ3n) is 3.49. The summed E-state index contributed by atoms with van der Waals surface area (Å²) >= 11 is 0. The van der Waals surface area contributed by atoms with Crippen LogP contribution >= 0.6 is 0 Å². The summed E-state index contributed by atoms with van der Waals surface area (Å²) in [6, 6.07) is 12.7. The van der Waals surface area contributed by atoms with Crippen molar-refractivity contribution >= 4 is 17.3 Å². The van der Waals surface area contributed by atoms with E-state index < -0.39 is 6.04 Å². The SMILES string of the molecule is COc1ccccc1NC(=O)C(C)Nc1cc(C)ccc1OC. The number of para-hydroxylation sites is 2. The predicted octanol–water partition coefficient (Wildman–Crippen LogP) is 3.45. The summed E-state index contributed by atoms with van der Waals surface area (Å²) < 4.78 is 10.6. The smallest absolute Gasteiger partial charge is 0.246 e. The van der Waals surface area contributed by atoms with Crippen LogP contribution in [0.4, 0.5) is 11.4 Å². The Morgan fingerprint density at radius 2 is 1.65 bits per heavy atom. The number of anilines is 2. The molecule has 2 aromatic carbocycles. The van der Waals surface area contributed by atoms with Crippen molar-refractivity contribution in [1.82, 2.24) is 0 Å². The number of rotatable bonds is 6. The number of carbonyl (C=O) groups excluding carboxylic acids is 1. The van der Waals surface area contributed by atoms with Crippen molar-refractivity contribution in [2.75, 3.05) is 24.9 Å². The molecule has 0 spiro atoms. The Labute approximate surface area is 136 Å². The van der Waals surface area contributed by atoms with Crippen molar-refractivity contribution in [3.05, 3.63) is 48.0 Å². The summed E-state index contributed by atoms with van der Waals surface area (Å²) in [5, 5.41) is 6.05. The van der Waals surface area contributed by atoms with E-state index in [1.165, 1.54) is 0 Å². The van der Waals surface area contributed by atoms with Crippen LogP contribution in [0, 0.1) is 6.92 Å². The molecular weight excluding hydrogens is 292 g/mol. The molecule has 5 heteroatoms. The molecule has 0 aliphatic carbocycles. The second-order valence-corrected chi connectivity index (χ2v) is 5.26. The maximum atomic E-state index is 12.4. The summed E-state index contributed by atoms with van der Waals surface area (Å²) in [5.41, 5.74) is 2.52. The van der Waals surface area contributed by atoms with Gasteiger partial charge in [-0.2, -0.15) is 0 Å². The van der Waals surface area contributed by atoms with Crippen LogP contribution in [-0.4, -0.2) is 26.2 Å². The molecular formula is C18H22N2O3. The standard InChI is InChI=1S/C18H22N2O3/c1-12-9-10-17(23-4)15(11-12)19-13(2)18(21)20-14-7-5-6-8-16(14)22-3/h5-11,13,19H,1-4H3,(H,20,21). The van der Waals surface area contributed by atoms with Crippen LogP contribution in [0.2, 0.25) is 0 Å². The number of hydrogen-bond donors (Lipinski definition) is 2. The fourth-order valence-electron chi connectivity index (χ4n) is 2.22. The van der Waals surface area contributed by atoms with Gasteiger partial charge in [0, 0.05) is 0 Å². The molecule has 0 heterocycles. The number of aryl methyl sites for hydroxylation is 1. The van der Waals surface area contributed by atoms with Gasteiger partial charge in [-0.15, -0.1) is 0 Å². The Balaban J connectivity index is 2.10. The van der Waals surface area contributed by atoms with Crippen LogP contribution in [0.25, 0.3) is 0 Å². The van der Waals surface area contributed by atoms with Gasteiger partial charge in [0.2, 0.25) is 5.91 Å². The summed E-state index contributed by atoms with van der Waals surface area (Å²) in [6.07, 6.45) is 0. The summed E-state index contributed by atoms with van der Waals surface area (Å²) in [5.74, 6) is 1.17. The number of ether oxygens (including phenoxy) is 2. The second kappa shape index (κ2) is 7.54. The molecule has 23 heavy (non-hydrogen) atoms. The van der Waals surface area contributed by atoms with Crippen LogP contribution in [-0.2, 0) is 4.79 Å². The molecule has 2 aromatic rings. The van der Waals surface area contributed by atoms with Crippen LogP contribution in [0.5, 0.6) is 11.5 Å². The van der Waals surface area contributed by atoms with Crippen LogP contribution < -0.4 is 20.1 Å². The minimum Gasteiger partial charge on any atom is -0.495 e. The van der Waals surface area contributed by atoms with E-state index in [4.69, 9.17) is 9.47 Å². The van der Waals surface area contributed by atoms with E-state index in [-0.39, 0.29) is 5.91 Å². The van der Waals surface area contributed by atoms with E-state index in [0.717, 1.165) is 11.3 Å². The van der Waals surface area contributed by atoms with E-state index >= 15 is 0 Å². The minimum absolute atomic E-state index is 0.155. The second-order valence-electron chi connectivity index (χ2n) is 5.26. The largest absolute Gasteiger partial charge is 0.495 e. The van der Waals surface area contributed by atoms with Crippen molar-refractivity contribution in [3.8, 4) is 11.5 Å². The summed E-state index contributed by atoms with van der Waals surface area (Å²) in [7, 11) is 3.18. The lowest BCUT2D eigenvalue weighted by Gasteiger charge is -2.18. The maximum absolute atomic E-state index is 12.4. The van der Waals surface area contributed by atoms with Crippen LogP contribution in [0.1, 0.15) is 12.5 Å². The molecule has 0 aliphatic rings. The number of benzene rings is 2. The average molecular weight is 314 g/mol. The Morgan fingerprint density at radius 1 is 1.00 bits per heavy atom. The van der Waals surface area contributed by atoms with E-state index in [9.17, 15) is 4.79 Å². The van der Waals surface area contributed by atoms with Gasteiger partial charge < -0.3 is 20.1 Å². The normalized spacial score (nSPS) is 11.5. The lowest BCUT2D eigenvalue weighted by atomic mass is 10.2. The third-order valence-corrected chi connectivity index (χ3v) is 3.49. The first kappa shape index (κ1) is 16.7.